The lowest BCUT2D eigenvalue weighted by Crippen LogP contribution is -2.36. The smallest absolute Gasteiger partial charge is 0.220 e. The highest BCUT2D eigenvalue weighted by atomic mass is 32.1. The topological polar surface area (TPSA) is 80.9 Å². The minimum absolute atomic E-state index is 0.126. The number of oxazole rings is 1. The van der Waals surface area contributed by atoms with Crippen LogP contribution in [0.2, 0.25) is 0 Å². The van der Waals surface area contributed by atoms with Crippen LogP contribution in [-0.2, 0) is 4.74 Å². The summed E-state index contributed by atoms with van der Waals surface area (Å²) in [7, 11) is 0. The number of aliphatic hydroxyl groups excluding tert-OH is 1. The summed E-state index contributed by atoms with van der Waals surface area (Å²) in [5, 5.41) is 10.3. The van der Waals surface area contributed by atoms with Crippen LogP contribution in [0.4, 0.5) is 5.13 Å². The second-order valence-corrected chi connectivity index (χ2v) is 7.97. The molecule has 154 valence electrons. The average Bonchev–Trinajstić information content (AvgIpc) is 3.40. The SMILES string of the molecule is CCC(CO)COc1ccc2nc(/C=C/c3cnc(N4CCOCC4)s3)oc2c1. The van der Waals surface area contributed by atoms with Crippen molar-refractivity contribution in [2.75, 3.05) is 44.4 Å². The van der Waals surface area contributed by atoms with Gasteiger partial charge in [0.15, 0.2) is 10.7 Å². The largest absolute Gasteiger partial charge is 0.493 e. The second-order valence-electron chi connectivity index (χ2n) is 6.93. The number of hydrogen-bond donors (Lipinski definition) is 1. The zero-order chi connectivity index (χ0) is 20.1. The van der Waals surface area contributed by atoms with Crippen LogP contribution in [-0.4, -0.2) is 54.6 Å². The molecule has 0 saturated carbocycles. The Balaban J connectivity index is 1.42. The molecule has 1 aliphatic heterocycles. The van der Waals surface area contributed by atoms with Crippen LogP contribution in [0.25, 0.3) is 23.3 Å². The van der Waals surface area contributed by atoms with Gasteiger partial charge >= 0.3 is 0 Å². The van der Waals surface area contributed by atoms with Gasteiger partial charge in [-0.1, -0.05) is 18.3 Å². The minimum atomic E-state index is 0.126. The molecule has 1 N–H and O–H groups in total. The molecule has 2 aromatic heterocycles. The molecule has 1 atom stereocenters. The maximum Gasteiger partial charge on any atom is 0.220 e. The molecule has 7 nitrogen and oxygen atoms in total. The first-order valence-electron chi connectivity index (χ1n) is 9.86. The second kappa shape index (κ2) is 9.39. The molecular formula is C21H25N3O4S. The first-order valence-corrected chi connectivity index (χ1v) is 10.7. The lowest BCUT2D eigenvalue weighted by atomic mass is 10.1. The number of benzene rings is 1. The summed E-state index contributed by atoms with van der Waals surface area (Å²) in [6.07, 6.45) is 6.57. The van der Waals surface area contributed by atoms with Gasteiger partial charge in [-0.3, -0.25) is 0 Å². The minimum Gasteiger partial charge on any atom is -0.493 e. The number of nitrogens with zero attached hydrogens (tertiary/aromatic N) is 3. The lowest BCUT2D eigenvalue weighted by Gasteiger charge is -2.25. The summed E-state index contributed by atoms with van der Waals surface area (Å²) in [5.41, 5.74) is 1.46. The molecule has 8 heteroatoms. The highest BCUT2D eigenvalue weighted by Crippen LogP contribution is 2.26. The fourth-order valence-corrected chi connectivity index (χ4v) is 3.88. The molecule has 0 aliphatic carbocycles. The van der Waals surface area contributed by atoms with Gasteiger partial charge in [0.2, 0.25) is 5.89 Å². The average molecular weight is 416 g/mol. The van der Waals surface area contributed by atoms with Crippen molar-refractivity contribution in [2.24, 2.45) is 5.92 Å². The Morgan fingerprint density at radius 3 is 2.97 bits per heavy atom. The molecule has 3 heterocycles. The van der Waals surface area contributed by atoms with Gasteiger partial charge in [0.25, 0.3) is 0 Å². The number of hydrogen-bond acceptors (Lipinski definition) is 8. The van der Waals surface area contributed by atoms with Gasteiger partial charge in [0.1, 0.15) is 11.3 Å². The zero-order valence-corrected chi connectivity index (χ0v) is 17.2. The van der Waals surface area contributed by atoms with Crippen LogP contribution < -0.4 is 9.64 Å². The molecule has 29 heavy (non-hydrogen) atoms. The van der Waals surface area contributed by atoms with E-state index in [1.165, 1.54) is 0 Å². The van der Waals surface area contributed by atoms with E-state index in [9.17, 15) is 5.11 Å². The van der Waals surface area contributed by atoms with E-state index in [1.807, 2.05) is 43.5 Å². The molecule has 1 unspecified atom stereocenters. The Morgan fingerprint density at radius 1 is 1.31 bits per heavy atom. The van der Waals surface area contributed by atoms with Gasteiger partial charge in [0.05, 0.1) is 19.8 Å². The molecule has 1 fully saturated rings. The Labute approximate surface area is 173 Å². The van der Waals surface area contributed by atoms with Crippen LogP contribution in [0, 0.1) is 5.92 Å². The quantitative estimate of drug-likeness (QED) is 0.601. The van der Waals surface area contributed by atoms with E-state index < -0.39 is 0 Å². The summed E-state index contributed by atoms with van der Waals surface area (Å²) in [6, 6.07) is 5.60. The molecule has 0 amide bonds. The van der Waals surface area contributed by atoms with E-state index in [4.69, 9.17) is 13.9 Å². The van der Waals surface area contributed by atoms with Crippen molar-refractivity contribution in [3.8, 4) is 5.75 Å². The first kappa shape index (κ1) is 19.9. The third kappa shape index (κ3) is 4.95. The lowest BCUT2D eigenvalue weighted by molar-refractivity contribution is 0.122. The molecule has 1 saturated heterocycles. The van der Waals surface area contributed by atoms with Crippen LogP contribution in [0.15, 0.2) is 28.8 Å². The fourth-order valence-electron chi connectivity index (χ4n) is 3.01. The Hall–Kier alpha value is -2.42. The summed E-state index contributed by atoms with van der Waals surface area (Å²) in [6.45, 7) is 5.90. The third-order valence-corrected chi connectivity index (χ3v) is 5.90. The van der Waals surface area contributed by atoms with Crippen molar-refractivity contribution in [3.63, 3.8) is 0 Å². The highest BCUT2D eigenvalue weighted by Gasteiger charge is 2.14. The van der Waals surface area contributed by atoms with Crippen molar-refractivity contribution in [1.29, 1.82) is 0 Å². The summed E-state index contributed by atoms with van der Waals surface area (Å²) < 4.78 is 17.0. The van der Waals surface area contributed by atoms with E-state index in [0.29, 0.717) is 23.8 Å². The Morgan fingerprint density at radius 2 is 2.17 bits per heavy atom. The number of rotatable bonds is 8. The molecule has 4 rings (SSSR count). The molecule has 1 aromatic carbocycles. The van der Waals surface area contributed by atoms with Crippen LogP contribution >= 0.6 is 11.3 Å². The van der Waals surface area contributed by atoms with Crippen LogP contribution in [0.3, 0.4) is 0 Å². The van der Waals surface area contributed by atoms with Gasteiger partial charge in [-0.05, 0) is 24.6 Å². The maximum absolute atomic E-state index is 9.28. The van der Waals surface area contributed by atoms with Crippen molar-refractivity contribution < 1.29 is 19.0 Å². The van der Waals surface area contributed by atoms with E-state index >= 15 is 0 Å². The van der Waals surface area contributed by atoms with Crippen LogP contribution in [0.5, 0.6) is 5.75 Å². The number of fused-ring (bicyclic) bond motifs is 1. The number of ether oxygens (including phenoxy) is 2. The van der Waals surface area contributed by atoms with E-state index in [2.05, 4.69) is 14.9 Å². The monoisotopic (exact) mass is 415 g/mol. The van der Waals surface area contributed by atoms with Gasteiger partial charge in [-0.25, -0.2) is 9.97 Å². The van der Waals surface area contributed by atoms with E-state index in [-0.39, 0.29) is 12.5 Å². The standard InChI is InChI=1S/C21H25N3O4S/c1-2-15(13-25)14-27-16-3-5-18-19(11-16)28-20(23-18)6-4-17-12-22-21(29-17)24-7-9-26-10-8-24/h3-6,11-12,15,25H,2,7-10,13-14H2,1H3/b6-4+. The maximum atomic E-state index is 9.28. The third-order valence-electron chi connectivity index (χ3n) is 4.88. The predicted molar refractivity (Wildman–Crippen MR) is 114 cm³/mol. The Bertz CT molecular complexity index is 958. The summed E-state index contributed by atoms with van der Waals surface area (Å²) in [4.78, 5) is 12.3. The van der Waals surface area contributed by atoms with Crippen molar-refractivity contribution >= 4 is 39.7 Å². The van der Waals surface area contributed by atoms with Gasteiger partial charge in [-0.2, -0.15) is 0 Å². The first-order chi connectivity index (χ1) is 14.2. The zero-order valence-electron chi connectivity index (χ0n) is 16.4. The summed E-state index contributed by atoms with van der Waals surface area (Å²) >= 11 is 1.64. The van der Waals surface area contributed by atoms with Gasteiger partial charge in [-0.15, -0.1) is 0 Å². The number of aromatic nitrogens is 2. The van der Waals surface area contributed by atoms with Crippen molar-refractivity contribution in [3.05, 3.63) is 35.2 Å². The van der Waals surface area contributed by atoms with Crippen molar-refractivity contribution in [1.82, 2.24) is 9.97 Å². The molecule has 1 aliphatic rings. The van der Waals surface area contributed by atoms with Gasteiger partial charge in [0, 0.05) is 48.8 Å². The normalized spacial score (nSPS) is 16.0. The molecule has 3 aromatic rings. The van der Waals surface area contributed by atoms with Crippen LogP contribution in [0.1, 0.15) is 24.1 Å². The molecular weight excluding hydrogens is 390 g/mol. The summed E-state index contributed by atoms with van der Waals surface area (Å²) in [5.74, 6) is 1.40. The van der Waals surface area contributed by atoms with E-state index in [1.54, 1.807) is 11.3 Å². The number of morpholine rings is 1. The number of anilines is 1. The highest BCUT2D eigenvalue weighted by molar-refractivity contribution is 7.16. The fraction of sp³-hybridized carbons (Fsp3) is 0.429. The number of aliphatic hydroxyl groups is 1. The predicted octanol–water partition coefficient (Wildman–Crippen LogP) is 3.69. The van der Waals surface area contributed by atoms with Crippen molar-refractivity contribution in [2.45, 2.75) is 13.3 Å². The Kier molecular flexibility index (Phi) is 6.43. The molecule has 0 bridgehead atoms. The van der Waals surface area contributed by atoms with Gasteiger partial charge < -0.3 is 23.9 Å². The number of thiazole rings is 1. The molecule has 0 spiro atoms. The molecule has 0 radical (unpaired) electrons. The van der Waals surface area contributed by atoms with E-state index in [0.717, 1.165) is 48.2 Å².